The van der Waals surface area contributed by atoms with E-state index in [1.807, 2.05) is 19.1 Å². The van der Waals surface area contributed by atoms with Crippen LogP contribution in [0.4, 0.5) is 5.82 Å². The Labute approximate surface area is 78.9 Å². The first-order valence-corrected chi connectivity index (χ1v) is 4.36. The van der Waals surface area contributed by atoms with Gasteiger partial charge in [-0.05, 0) is 32.9 Å². The van der Waals surface area contributed by atoms with Gasteiger partial charge in [0.2, 0.25) is 0 Å². The van der Waals surface area contributed by atoms with Crippen molar-refractivity contribution >= 4 is 5.82 Å². The van der Waals surface area contributed by atoms with E-state index in [0.29, 0.717) is 0 Å². The van der Waals surface area contributed by atoms with E-state index < -0.39 is 0 Å². The SMILES string of the molecule is CC(C)=CCNc1ccc(C)nn1. The van der Waals surface area contributed by atoms with Crippen molar-refractivity contribution in [1.82, 2.24) is 10.2 Å². The van der Waals surface area contributed by atoms with Gasteiger partial charge in [-0.2, -0.15) is 5.10 Å². The lowest BCUT2D eigenvalue weighted by molar-refractivity contribution is 0.976. The summed E-state index contributed by atoms with van der Waals surface area (Å²) in [4.78, 5) is 0. The summed E-state index contributed by atoms with van der Waals surface area (Å²) in [7, 11) is 0. The van der Waals surface area contributed by atoms with Gasteiger partial charge in [-0.25, -0.2) is 0 Å². The van der Waals surface area contributed by atoms with Crippen LogP contribution in [-0.4, -0.2) is 16.7 Å². The summed E-state index contributed by atoms with van der Waals surface area (Å²) in [6.07, 6.45) is 2.11. The topological polar surface area (TPSA) is 37.8 Å². The monoisotopic (exact) mass is 177 g/mol. The largest absolute Gasteiger partial charge is 0.365 e. The summed E-state index contributed by atoms with van der Waals surface area (Å²) in [6, 6.07) is 3.87. The van der Waals surface area contributed by atoms with Gasteiger partial charge in [-0.15, -0.1) is 5.10 Å². The summed E-state index contributed by atoms with van der Waals surface area (Å²) >= 11 is 0. The molecule has 0 aromatic carbocycles. The Kier molecular flexibility index (Phi) is 3.43. The molecule has 0 saturated carbocycles. The maximum absolute atomic E-state index is 3.98. The zero-order valence-corrected chi connectivity index (χ0v) is 8.33. The Morgan fingerprint density at radius 1 is 1.38 bits per heavy atom. The van der Waals surface area contributed by atoms with Crippen LogP contribution in [0.3, 0.4) is 0 Å². The molecule has 0 fully saturated rings. The fourth-order valence-corrected chi connectivity index (χ4v) is 0.853. The molecular weight excluding hydrogens is 162 g/mol. The van der Waals surface area contributed by atoms with Crippen LogP contribution in [0.5, 0.6) is 0 Å². The van der Waals surface area contributed by atoms with Crippen LogP contribution in [0.1, 0.15) is 19.5 Å². The number of anilines is 1. The van der Waals surface area contributed by atoms with Gasteiger partial charge in [0.1, 0.15) is 5.82 Å². The van der Waals surface area contributed by atoms with Crippen molar-refractivity contribution in [2.75, 3.05) is 11.9 Å². The fourth-order valence-electron chi connectivity index (χ4n) is 0.853. The second-order valence-electron chi connectivity index (χ2n) is 3.22. The van der Waals surface area contributed by atoms with Gasteiger partial charge in [0.15, 0.2) is 0 Å². The summed E-state index contributed by atoms with van der Waals surface area (Å²) in [5.41, 5.74) is 2.24. The normalized spacial score (nSPS) is 9.46. The molecule has 0 unspecified atom stereocenters. The second-order valence-corrected chi connectivity index (χ2v) is 3.22. The van der Waals surface area contributed by atoms with E-state index in [2.05, 4.69) is 35.4 Å². The van der Waals surface area contributed by atoms with Crippen molar-refractivity contribution in [2.45, 2.75) is 20.8 Å². The van der Waals surface area contributed by atoms with Gasteiger partial charge in [0, 0.05) is 6.54 Å². The van der Waals surface area contributed by atoms with Gasteiger partial charge < -0.3 is 5.32 Å². The molecule has 0 spiro atoms. The Hall–Kier alpha value is -1.38. The van der Waals surface area contributed by atoms with Gasteiger partial charge in [0.25, 0.3) is 0 Å². The molecule has 0 radical (unpaired) electrons. The van der Waals surface area contributed by atoms with Crippen molar-refractivity contribution in [1.29, 1.82) is 0 Å². The highest BCUT2D eigenvalue weighted by Crippen LogP contribution is 2.00. The molecule has 1 aromatic rings. The summed E-state index contributed by atoms with van der Waals surface area (Å²) in [5.74, 6) is 0.822. The number of hydrogen-bond donors (Lipinski definition) is 1. The number of nitrogens with zero attached hydrogens (tertiary/aromatic N) is 2. The highest BCUT2D eigenvalue weighted by Gasteiger charge is 1.91. The molecule has 1 rings (SSSR count). The second kappa shape index (κ2) is 4.60. The minimum Gasteiger partial charge on any atom is -0.365 e. The molecule has 0 amide bonds. The van der Waals surface area contributed by atoms with Crippen LogP contribution in [0, 0.1) is 6.92 Å². The molecule has 0 aliphatic rings. The van der Waals surface area contributed by atoms with Crippen molar-refractivity contribution in [3.8, 4) is 0 Å². The quantitative estimate of drug-likeness (QED) is 0.719. The average Bonchev–Trinajstić information content (AvgIpc) is 2.08. The first-order valence-electron chi connectivity index (χ1n) is 4.36. The Morgan fingerprint density at radius 3 is 2.69 bits per heavy atom. The third kappa shape index (κ3) is 3.69. The number of aromatic nitrogens is 2. The van der Waals surface area contributed by atoms with E-state index in [4.69, 9.17) is 0 Å². The number of allylic oxidation sites excluding steroid dienone is 1. The minimum atomic E-state index is 0.806. The van der Waals surface area contributed by atoms with Crippen molar-refractivity contribution in [3.63, 3.8) is 0 Å². The zero-order chi connectivity index (χ0) is 9.68. The van der Waals surface area contributed by atoms with Crippen LogP contribution in [0.25, 0.3) is 0 Å². The molecule has 1 heterocycles. The molecule has 1 N–H and O–H groups in total. The van der Waals surface area contributed by atoms with E-state index in [0.717, 1.165) is 18.1 Å². The lowest BCUT2D eigenvalue weighted by Crippen LogP contribution is -2.02. The van der Waals surface area contributed by atoms with E-state index >= 15 is 0 Å². The third-order valence-electron chi connectivity index (χ3n) is 1.59. The van der Waals surface area contributed by atoms with E-state index in [-0.39, 0.29) is 0 Å². The maximum atomic E-state index is 3.98. The van der Waals surface area contributed by atoms with Gasteiger partial charge in [-0.1, -0.05) is 11.6 Å². The molecule has 3 heteroatoms. The number of nitrogens with one attached hydrogen (secondary N) is 1. The smallest absolute Gasteiger partial charge is 0.148 e. The summed E-state index contributed by atoms with van der Waals surface area (Å²) in [6.45, 7) is 6.87. The van der Waals surface area contributed by atoms with E-state index in [9.17, 15) is 0 Å². The first kappa shape index (κ1) is 9.71. The van der Waals surface area contributed by atoms with Crippen LogP contribution in [0.15, 0.2) is 23.8 Å². The molecule has 0 saturated heterocycles. The van der Waals surface area contributed by atoms with Gasteiger partial charge in [-0.3, -0.25) is 0 Å². The number of rotatable bonds is 3. The molecule has 1 aromatic heterocycles. The standard InChI is InChI=1S/C10H15N3/c1-8(2)6-7-11-10-5-4-9(3)12-13-10/h4-6H,7H2,1-3H3,(H,11,13). The van der Waals surface area contributed by atoms with Gasteiger partial charge >= 0.3 is 0 Å². The van der Waals surface area contributed by atoms with Crippen LogP contribution in [-0.2, 0) is 0 Å². The van der Waals surface area contributed by atoms with Crippen molar-refractivity contribution in [2.24, 2.45) is 0 Å². The first-order chi connectivity index (χ1) is 6.18. The van der Waals surface area contributed by atoms with Crippen LogP contribution in [0.2, 0.25) is 0 Å². The third-order valence-corrected chi connectivity index (χ3v) is 1.59. The predicted molar refractivity (Wildman–Crippen MR) is 54.7 cm³/mol. The minimum absolute atomic E-state index is 0.806. The summed E-state index contributed by atoms with van der Waals surface area (Å²) in [5, 5.41) is 11.1. The fraction of sp³-hybridized carbons (Fsp3) is 0.400. The molecular formula is C10H15N3. The Bertz CT molecular complexity index is 284. The lowest BCUT2D eigenvalue weighted by Gasteiger charge is -2.01. The molecule has 0 aliphatic carbocycles. The van der Waals surface area contributed by atoms with Crippen molar-refractivity contribution < 1.29 is 0 Å². The van der Waals surface area contributed by atoms with Crippen LogP contribution < -0.4 is 5.32 Å². The molecule has 70 valence electrons. The molecule has 13 heavy (non-hydrogen) atoms. The molecule has 0 bridgehead atoms. The molecule has 0 atom stereocenters. The molecule has 0 aliphatic heterocycles. The predicted octanol–water partition coefficient (Wildman–Crippen LogP) is 2.16. The Balaban J connectivity index is 2.46. The average molecular weight is 177 g/mol. The van der Waals surface area contributed by atoms with Gasteiger partial charge in [0.05, 0.1) is 5.69 Å². The van der Waals surface area contributed by atoms with E-state index in [1.54, 1.807) is 0 Å². The zero-order valence-electron chi connectivity index (χ0n) is 8.33. The maximum Gasteiger partial charge on any atom is 0.148 e. The molecule has 3 nitrogen and oxygen atoms in total. The summed E-state index contributed by atoms with van der Waals surface area (Å²) < 4.78 is 0. The van der Waals surface area contributed by atoms with Crippen LogP contribution >= 0.6 is 0 Å². The Morgan fingerprint density at radius 2 is 2.15 bits per heavy atom. The highest BCUT2D eigenvalue weighted by atomic mass is 15.2. The number of hydrogen-bond acceptors (Lipinski definition) is 3. The highest BCUT2D eigenvalue weighted by molar-refractivity contribution is 5.33. The number of aryl methyl sites for hydroxylation is 1. The lowest BCUT2D eigenvalue weighted by atomic mass is 10.3. The van der Waals surface area contributed by atoms with E-state index in [1.165, 1.54) is 5.57 Å². The van der Waals surface area contributed by atoms with Crippen molar-refractivity contribution in [3.05, 3.63) is 29.5 Å².